The lowest BCUT2D eigenvalue weighted by Gasteiger charge is -2.31. The molecule has 0 bridgehead atoms. The summed E-state index contributed by atoms with van der Waals surface area (Å²) < 4.78 is 26.0. The van der Waals surface area contributed by atoms with Crippen LogP contribution < -0.4 is 5.32 Å². The van der Waals surface area contributed by atoms with E-state index in [0.29, 0.717) is 18.8 Å². The van der Waals surface area contributed by atoms with Crippen molar-refractivity contribution >= 4 is 0 Å². The first-order valence-electron chi connectivity index (χ1n) is 6.11. The molecule has 0 aliphatic heterocycles. The van der Waals surface area contributed by atoms with E-state index in [-0.39, 0.29) is 0 Å². The Kier molecular flexibility index (Phi) is 4.97. The van der Waals surface area contributed by atoms with E-state index in [1.807, 2.05) is 0 Å². The summed E-state index contributed by atoms with van der Waals surface area (Å²) in [6.45, 7) is 2.17. The third-order valence-corrected chi connectivity index (χ3v) is 3.85. The molecule has 0 aromatic carbocycles. The van der Waals surface area contributed by atoms with Gasteiger partial charge >= 0.3 is 0 Å². The Balaban J connectivity index is 2.56. The molecular weight excluding hydrogens is 196 g/mol. The van der Waals surface area contributed by atoms with Crippen LogP contribution in [0.15, 0.2) is 0 Å². The molecule has 3 heteroatoms. The normalized spacial score (nSPS) is 33.0. The fraction of sp³-hybridized carbons (Fsp3) is 1.00. The van der Waals surface area contributed by atoms with Gasteiger partial charge in [-0.05, 0) is 32.2 Å². The van der Waals surface area contributed by atoms with Crippen molar-refractivity contribution in [2.24, 2.45) is 5.92 Å². The summed E-state index contributed by atoms with van der Waals surface area (Å²) in [7, 11) is 1.67. The van der Waals surface area contributed by atoms with Gasteiger partial charge in [-0.2, -0.15) is 0 Å². The third kappa shape index (κ3) is 3.13. The van der Waals surface area contributed by atoms with Crippen molar-refractivity contribution < 1.29 is 8.78 Å². The Bertz CT molecular complexity index is 184. The molecule has 0 heterocycles. The second kappa shape index (κ2) is 5.78. The van der Waals surface area contributed by atoms with Crippen LogP contribution in [0, 0.1) is 5.92 Å². The zero-order valence-electron chi connectivity index (χ0n) is 9.86. The van der Waals surface area contributed by atoms with E-state index in [1.54, 1.807) is 7.05 Å². The van der Waals surface area contributed by atoms with Gasteiger partial charge in [0.05, 0.1) is 5.54 Å². The molecule has 15 heavy (non-hydrogen) atoms. The Hall–Kier alpha value is -0.180. The van der Waals surface area contributed by atoms with Crippen LogP contribution in [0.3, 0.4) is 0 Å². The highest BCUT2D eigenvalue weighted by Crippen LogP contribution is 2.35. The SMILES string of the molecule is CCCC1CCCC(NC)(C(F)F)CC1. The fourth-order valence-electron chi connectivity index (χ4n) is 2.71. The van der Waals surface area contributed by atoms with Crippen LogP contribution in [0.4, 0.5) is 8.78 Å². The van der Waals surface area contributed by atoms with Crippen LogP contribution >= 0.6 is 0 Å². The molecular formula is C12H23F2N. The monoisotopic (exact) mass is 219 g/mol. The quantitative estimate of drug-likeness (QED) is 0.712. The largest absolute Gasteiger partial charge is 0.309 e. The van der Waals surface area contributed by atoms with Crippen LogP contribution in [0.5, 0.6) is 0 Å². The van der Waals surface area contributed by atoms with Crippen LogP contribution in [0.2, 0.25) is 0 Å². The van der Waals surface area contributed by atoms with Crippen LogP contribution in [-0.4, -0.2) is 19.0 Å². The van der Waals surface area contributed by atoms with Gasteiger partial charge < -0.3 is 5.32 Å². The average molecular weight is 219 g/mol. The summed E-state index contributed by atoms with van der Waals surface area (Å²) in [6, 6.07) is 0. The van der Waals surface area contributed by atoms with E-state index in [1.165, 1.54) is 12.8 Å². The second-order valence-corrected chi connectivity index (χ2v) is 4.79. The van der Waals surface area contributed by atoms with E-state index in [2.05, 4.69) is 12.2 Å². The smallest absolute Gasteiger partial charge is 0.256 e. The van der Waals surface area contributed by atoms with Crippen molar-refractivity contribution in [3.63, 3.8) is 0 Å². The van der Waals surface area contributed by atoms with Crippen molar-refractivity contribution in [1.29, 1.82) is 0 Å². The molecule has 0 amide bonds. The zero-order valence-corrected chi connectivity index (χ0v) is 9.86. The van der Waals surface area contributed by atoms with Crippen molar-refractivity contribution in [3.05, 3.63) is 0 Å². The number of rotatable bonds is 4. The molecule has 1 aliphatic carbocycles. The maximum Gasteiger partial charge on any atom is 0.256 e. The van der Waals surface area contributed by atoms with Gasteiger partial charge in [0.2, 0.25) is 0 Å². The highest BCUT2D eigenvalue weighted by Gasteiger charge is 2.39. The summed E-state index contributed by atoms with van der Waals surface area (Å²) in [5.74, 6) is 0.670. The van der Waals surface area contributed by atoms with E-state index < -0.39 is 12.0 Å². The predicted octanol–water partition coefficient (Wildman–Crippen LogP) is 3.59. The van der Waals surface area contributed by atoms with Crippen molar-refractivity contribution in [2.75, 3.05) is 7.05 Å². The first-order valence-corrected chi connectivity index (χ1v) is 6.11. The van der Waals surface area contributed by atoms with Crippen LogP contribution in [-0.2, 0) is 0 Å². The highest BCUT2D eigenvalue weighted by atomic mass is 19.3. The summed E-state index contributed by atoms with van der Waals surface area (Å²) in [5, 5.41) is 2.87. The molecule has 1 saturated carbocycles. The lowest BCUT2D eigenvalue weighted by Crippen LogP contribution is -2.49. The zero-order chi connectivity index (χ0) is 11.3. The van der Waals surface area contributed by atoms with E-state index in [9.17, 15) is 8.78 Å². The van der Waals surface area contributed by atoms with E-state index >= 15 is 0 Å². The molecule has 1 nitrogen and oxygen atoms in total. The third-order valence-electron chi connectivity index (χ3n) is 3.85. The molecule has 1 rings (SSSR count). The molecule has 1 N–H and O–H groups in total. The van der Waals surface area contributed by atoms with Crippen molar-refractivity contribution in [1.82, 2.24) is 5.32 Å². The van der Waals surface area contributed by atoms with Crippen molar-refractivity contribution in [3.8, 4) is 0 Å². The summed E-state index contributed by atoms with van der Waals surface area (Å²) in [4.78, 5) is 0. The number of hydrogen-bond donors (Lipinski definition) is 1. The predicted molar refractivity (Wildman–Crippen MR) is 59.3 cm³/mol. The van der Waals surface area contributed by atoms with Gasteiger partial charge in [-0.15, -0.1) is 0 Å². The Morgan fingerprint density at radius 1 is 1.33 bits per heavy atom. The highest BCUT2D eigenvalue weighted by molar-refractivity contribution is 4.92. The molecule has 1 fully saturated rings. The molecule has 1 aliphatic rings. The number of nitrogens with one attached hydrogen (secondary N) is 1. The fourth-order valence-corrected chi connectivity index (χ4v) is 2.71. The minimum Gasteiger partial charge on any atom is -0.309 e. The molecule has 2 atom stereocenters. The molecule has 90 valence electrons. The maximum absolute atomic E-state index is 13.0. The average Bonchev–Trinajstić information content (AvgIpc) is 2.42. The lowest BCUT2D eigenvalue weighted by atomic mass is 9.89. The Morgan fingerprint density at radius 3 is 2.60 bits per heavy atom. The number of hydrogen-bond acceptors (Lipinski definition) is 1. The summed E-state index contributed by atoms with van der Waals surface area (Å²) in [6.07, 6.45) is 4.42. The van der Waals surface area contributed by atoms with Gasteiger partial charge in [0.1, 0.15) is 0 Å². The van der Waals surface area contributed by atoms with Gasteiger partial charge in [0.15, 0.2) is 0 Å². The molecule has 2 unspecified atom stereocenters. The molecule has 0 saturated heterocycles. The lowest BCUT2D eigenvalue weighted by molar-refractivity contribution is 0.0240. The minimum absolute atomic E-state index is 0.626. The second-order valence-electron chi connectivity index (χ2n) is 4.79. The van der Waals surface area contributed by atoms with Gasteiger partial charge in [0.25, 0.3) is 6.43 Å². The van der Waals surface area contributed by atoms with E-state index in [0.717, 1.165) is 19.3 Å². The van der Waals surface area contributed by atoms with Crippen molar-refractivity contribution in [2.45, 2.75) is 63.8 Å². The molecule has 0 spiro atoms. The summed E-state index contributed by atoms with van der Waals surface area (Å²) in [5.41, 5.74) is -0.900. The maximum atomic E-state index is 13.0. The standard InChI is InChI=1S/C12H23F2N/c1-3-5-10-6-4-8-12(15-2,9-7-10)11(13)14/h10-11,15H,3-9H2,1-2H3. The molecule has 0 radical (unpaired) electrons. The topological polar surface area (TPSA) is 12.0 Å². The molecule has 0 aromatic heterocycles. The van der Waals surface area contributed by atoms with Gasteiger partial charge in [-0.1, -0.05) is 32.6 Å². The van der Waals surface area contributed by atoms with Crippen LogP contribution in [0.25, 0.3) is 0 Å². The van der Waals surface area contributed by atoms with Gasteiger partial charge in [0, 0.05) is 0 Å². The molecule has 0 aromatic rings. The summed E-state index contributed by atoms with van der Waals surface area (Å²) >= 11 is 0. The van der Waals surface area contributed by atoms with Gasteiger partial charge in [-0.25, -0.2) is 8.78 Å². The Labute approximate surface area is 91.6 Å². The minimum atomic E-state index is -2.23. The number of alkyl halides is 2. The van der Waals surface area contributed by atoms with Gasteiger partial charge in [-0.3, -0.25) is 0 Å². The first kappa shape index (κ1) is 12.9. The first-order chi connectivity index (χ1) is 7.14. The van der Waals surface area contributed by atoms with Crippen LogP contribution in [0.1, 0.15) is 51.9 Å². The van der Waals surface area contributed by atoms with E-state index in [4.69, 9.17) is 0 Å². The Morgan fingerprint density at radius 2 is 2.07 bits per heavy atom. The number of halogens is 2.